The Hall–Kier alpha value is -5.88. The van der Waals surface area contributed by atoms with Crippen LogP contribution in [0.4, 0.5) is 13.2 Å². The molecule has 0 radical (unpaired) electrons. The fourth-order valence-corrected chi connectivity index (χ4v) is 6.22. The lowest BCUT2D eigenvalue weighted by molar-refractivity contribution is 0.448. The van der Waals surface area contributed by atoms with Crippen LogP contribution in [0.1, 0.15) is 5.56 Å². The Labute approximate surface area is 262 Å². The van der Waals surface area contributed by atoms with E-state index >= 15 is 0 Å². The monoisotopic (exact) mass is 603 g/mol. The minimum atomic E-state index is -1.49. The molecule has 8 aromatic rings. The zero-order valence-corrected chi connectivity index (χ0v) is 24.6. The molecule has 0 atom stereocenters. The van der Waals surface area contributed by atoms with Crippen LogP contribution in [-0.4, -0.2) is 15.0 Å². The van der Waals surface area contributed by atoms with Gasteiger partial charge in [0.05, 0.1) is 33.6 Å². The third-order valence-electron chi connectivity index (χ3n) is 8.35. The molecular formula is C40H24F3N3. The first-order valence-electron chi connectivity index (χ1n) is 14.9. The predicted molar refractivity (Wildman–Crippen MR) is 179 cm³/mol. The Balaban J connectivity index is 1.46. The van der Waals surface area contributed by atoms with Crippen molar-refractivity contribution >= 4 is 32.7 Å². The highest BCUT2D eigenvalue weighted by atomic mass is 19.2. The van der Waals surface area contributed by atoms with Gasteiger partial charge in [0.25, 0.3) is 0 Å². The van der Waals surface area contributed by atoms with Crippen LogP contribution in [0.25, 0.3) is 77.6 Å². The molecule has 220 valence electrons. The fraction of sp³-hybridized carbons (Fsp3) is 0.0250. The van der Waals surface area contributed by atoms with E-state index in [2.05, 4.69) is 0 Å². The van der Waals surface area contributed by atoms with E-state index in [0.717, 1.165) is 78.5 Å². The van der Waals surface area contributed by atoms with Gasteiger partial charge < -0.3 is 0 Å². The van der Waals surface area contributed by atoms with E-state index in [0.29, 0.717) is 11.3 Å². The van der Waals surface area contributed by atoms with E-state index in [9.17, 15) is 13.2 Å². The number of aryl methyl sites for hydroxylation is 1. The summed E-state index contributed by atoms with van der Waals surface area (Å²) in [6.07, 6.45) is 0. The maximum absolute atomic E-state index is 14.2. The van der Waals surface area contributed by atoms with Crippen molar-refractivity contribution in [1.29, 1.82) is 0 Å². The van der Waals surface area contributed by atoms with Gasteiger partial charge in [-0.1, -0.05) is 97.1 Å². The van der Waals surface area contributed by atoms with Gasteiger partial charge in [0, 0.05) is 32.8 Å². The Bertz CT molecular complexity index is 2440. The standard InChI is InChI=1S/C40H24F3N3/c1-23-19-33-40(46-39(25-13-6-3-7-14-25)38(45-33)24-11-4-2-5-12-24)35-29-17-8-9-18-32(29)44-37(34(23)35)27-16-10-15-26(20-27)28-21-30(41)36(43)31(42)22-28/h2-22H,1H3. The summed E-state index contributed by atoms with van der Waals surface area (Å²) in [4.78, 5) is 15.7. The number of hydrogen-bond donors (Lipinski definition) is 0. The van der Waals surface area contributed by atoms with E-state index < -0.39 is 17.5 Å². The topological polar surface area (TPSA) is 38.7 Å². The second kappa shape index (κ2) is 10.9. The summed E-state index contributed by atoms with van der Waals surface area (Å²) >= 11 is 0. The van der Waals surface area contributed by atoms with Gasteiger partial charge in [0.2, 0.25) is 0 Å². The summed E-state index contributed by atoms with van der Waals surface area (Å²) in [5, 5.41) is 2.76. The number of para-hydroxylation sites is 1. The largest absolute Gasteiger partial charge is 0.247 e. The number of rotatable bonds is 4. The Morgan fingerprint density at radius 3 is 1.70 bits per heavy atom. The Morgan fingerprint density at radius 1 is 0.435 bits per heavy atom. The zero-order valence-electron chi connectivity index (χ0n) is 24.6. The van der Waals surface area contributed by atoms with Crippen molar-refractivity contribution in [2.24, 2.45) is 0 Å². The van der Waals surface area contributed by atoms with Crippen LogP contribution in [0.3, 0.4) is 0 Å². The lowest BCUT2D eigenvalue weighted by Crippen LogP contribution is -1.99. The molecule has 0 unspecified atom stereocenters. The van der Waals surface area contributed by atoms with Crippen molar-refractivity contribution in [3.05, 3.63) is 150 Å². The van der Waals surface area contributed by atoms with Gasteiger partial charge in [0.15, 0.2) is 17.5 Å². The molecule has 3 nitrogen and oxygen atoms in total. The second-order valence-electron chi connectivity index (χ2n) is 11.3. The van der Waals surface area contributed by atoms with Crippen LogP contribution in [0.5, 0.6) is 0 Å². The van der Waals surface area contributed by atoms with Crippen LogP contribution in [0.15, 0.2) is 127 Å². The minimum Gasteiger partial charge on any atom is -0.247 e. The molecule has 0 N–H and O–H groups in total. The van der Waals surface area contributed by atoms with Crippen molar-refractivity contribution < 1.29 is 13.2 Å². The normalized spacial score (nSPS) is 11.5. The van der Waals surface area contributed by atoms with Crippen molar-refractivity contribution in [3.8, 4) is 44.9 Å². The molecule has 0 aliphatic rings. The number of pyridine rings is 1. The smallest absolute Gasteiger partial charge is 0.194 e. The Kier molecular flexibility index (Phi) is 6.57. The number of benzene rings is 6. The molecular weight excluding hydrogens is 579 g/mol. The highest BCUT2D eigenvalue weighted by Gasteiger charge is 2.21. The van der Waals surface area contributed by atoms with E-state index in [1.807, 2.05) is 116 Å². The molecule has 0 fully saturated rings. The van der Waals surface area contributed by atoms with Crippen molar-refractivity contribution in [1.82, 2.24) is 15.0 Å². The SMILES string of the molecule is Cc1cc2nc(-c3ccccc3)c(-c3ccccc3)nc2c2c1c(-c1cccc(-c3cc(F)c(F)c(F)c3)c1)nc1ccccc12. The summed E-state index contributed by atoms with van der Waals surface area (Å²) in [6.45, 7) is 2.03. The third kappa shape index (κ3) is 4.58. The molecule has 6 heteroatoms. The van der Waals surface area contributed by atoms with Gasteiger partial charge in [-0.25, -0.2) is 28.1 Å². The van der Waals surface area contributed by atoms with Crippen molar-refractivity contribution in [2.45, 2.75) is 6.92 Å². The van der Waals surface area contributed by atoms with Gasteiger partial charge in [-0.3, -0.25) is 0 Å². The van der Waals surface area contributed by atoms with Crippen LogP contribution in [0.2, 0.25) is 0 Å². The average Bonchev–Trinajstić information content (AvgIpc) is 3.10. The number of nitrogens with zero attached hydrogens (tertiary/aromatic N) is 3. The van der Waals surface area contributed by atoms with Gasteiger partial charge in [0.1, 0.15) is 0 Å². The maximum Gasteiger partial charge on any atom is 0.194 e. The van der Waals surface area contributed by atoms with Crippen LogP contribution in [0, 0.1) is 24.4 Å². The molecule has 0 saturated carbocycles. The molecule has 0 saturated heterocycles. The van der Waals surface area contributed by atoms with Gasteiger partial charge in [-0.05, 0) is 53.9 Å². The molecule has 0 aliphatic carbocycles. The first kappa shape index (κ1) is 27.7. The first-order valence-corrected chi connectivity index (χ1v) is 14.9. The average molecular weight is 604 g/mol. The zero-order chi connectivity index (χ0) is 31.4. The summed E-state index contributed by atoms with van der Waals surface area (Å²) in [7, 11) is 0. The van der Waals surface area contributed by atoms with Crippen LogP contribution >= 0.6 is 0 Å². The highest BCUT2D eigenvalue weighted by molar-refractivity contribution is 6.22. The van der Waals surface area contributed by atoms with Gasteiger partial charge in [-0.2, -0.15) is 0 Å². The van der Waals surface area contributed by atoms with Crippen LogP contribution < -0.4 is 0 Å². The molecule has 46 heavy (non-hydrogen) atoms. The molecule has 2 heterocycles. The lowest BCUT2D eigenvalue weighted by Gasteiger charge is -2.17. The molecule has 0 spiro atoms. The minimum absolute atomic E-state index is 0.234. The van der Waals surface area contributed by atoms with Crippen molar-refractivity contribution in [3.63, 3.8) is 0 Å². The number of halogens is 3. The summed E-state index contributed by atoms with van der Waals surface area (Å²) in [5.41, 5.74) is 8.96. The number of fused-ring (bicyclic) bond motifs is 5. The Morgan fingerprint density at radius 2 is 1.00 bits per heavy atom. The summed E-state index contributed by atoms with van der Waals surface area (Å²) < 4.78 is 42.1. The molecule has 6 aromatic carbocycles. The quantitative estimate of drug-likeness (QED) is 0.148. The summed E-state index contributed by atoms with van der Waals surface area (Å²) in [5.74, 6) is -3.96. The van der Waals surface area contributed by atoms with E-state index in [1.54, 1.807) is 6.07 Å². The fourth-order valence-electron chi connectivity index (χ4n) is 6.22. The maximum atomic E-state index is 14.2. The predicted octanol–water partition coefficient (Wildman–Crippen LogP) is 10.7. The van der Waals surface area contributed by atoms with Gasteiger partial charge in [-0.15, -0.1) is 0 Å². The summed E-state index contributed by atoms with van der Waals surface area (Å²) in [6, 6.07) is 39.4. The lowest BCUT2D eigenvalue weighted by atomic mass is 9.93. The molecule has 2 aromatic heterocycles. The van der Waals surface area contributed by atoms with E-state index in [-0.39, 0.29) is 5.56 Å². The van der Waals surface area contributed by atoms with Gasteiger partial charge >= 0.3 is 0 Å². The third-order valence-corrected chi connectivity index (χ3v) is 8.35. The van der Waals surface area contributed by atoms with E-state index in [1.165, 1.54) is 0 Å². The first-order chi connectivity index (χ1) is 22.5. The number of aromatic nitrogens is 3. The number of hydrogen-bond acceptors (Lipinski definition) is 3. The molecule has 0 aliphatic heterocycles. The van der Waals surface area contributed by atoms with Crippen molar-refractivity contribution in [2.75, 3.05) is 0 Å². The molecule has 0 amide bonds. The highest BCUT2D eigenvalue weighted by Crippen LogP contribution is 2.41. The second-order valence-corrected chi connectivity index (χ2v) is 11.3. The molecule has 0 bridgehead atoms. The molecule has 8 rings (SSSR count). The van der Waals surface area contributed by atoms with E-state index in [4.69, 9.17) is 15.0 Å². The van der Waals surface area contributed by atoms with Crippen LogP contribution in [-0.2, 0) is 0 Å².